The van der Waals surface area contributed by atoms with Crippen LogP contribution in [-0.2, 0) is 10.8 Å². The SMILES string of the molecule is CCN(C)CC1CCN(C(=O)NC2CCCCC2S(=O)CC)C1. The van der Waals surface area contributed by atoms with Crippen LogP contribution in [0.2, 0.25) is 0 Å². The molecule has 1 aliphatic heterocycles. The standard InChI is InChI=1S/C17H33N3O2S/c1-4-19(3)12-14-10-11-20(13-14)17(21)18-15-8-6-7-9-16(15)23(22)5-2/h14-16H,4-13H2,1-3H3,(H,18,21). The van der Waals surface area contributed by atoms with Gasteiger partial charge in [0.25, 0.3) is 0 Å². The van der Waals surface area contributed by atoms with Crippen LogP contribution in [0.4, 0.5) is 4.79 Å². The zero-order chi connectivity index (χ0) is 16.8. The monoisotopic (exact) mass is 343 g/mol. The van der Waals surface area contributed by atoms with Gasteiger partial charge >= 0.3 is 6.03 Å². The minimum Gasteiger partial charge on any atom is -0.334 e. The van der Waals surface area contributed by atoms with E-state index in [0.29, 0.717) is 11.7 Å². The van der Waals surface area contributed by atoms with Crippen LogP contribution in [0.15, 0.2) is 0 Å². The Hall–Kier alpha value is -0.620. The first kappa shape index (κ1) is 18.7. The third-order valence-electron chi connectivity index (χ3n) is 5.32. The van der Waals surface area contributed by atoms with Crippen molar-refractivity contribution in [2.75, 3.05) is 39.0 Å². The van der Waals surface area contributed by atoms with Gasteiger partial charge in [-0.05, 0) is 38.8 Å². The second kappa shape index (κ2) is 9.02. The van der Waals surface area contributed by atoms with Gasteiger partial charge in [0.05, 0.1) is 5.25 Å². The van der Waals surface area contributed by atoms with Crippen LogP contribution in [0.25, 0.3) is 0 Å². The minimum absolute atomic E-state index is 0.0525. The van der Waals surface area contributed by atoms with Crippen LogP contribution in [-0.4, -0.2) is 70.3 Å². The maximum atomic E-state index is 12.6. The molecule has 2 amide bonds. The molecule has 4 atom stereocenters. The Morgan fingerprint density at radius 3 is 2.70 bits per heavy atom. The summed E-state index contributed by atoms with van der Waals surface area (Å²) in [5.41, 5.74) is 0. The number of carbonyl (C=O) groups is 1. The molecule has 0 spiro atoms. The number of nitrogens with one attached hydrogen (secondary N) is 1. The lowest BCUT2D eigenvalue weighted by atomic mass is 9.95. The molecular formula is C17H33N3O2S. The first-order valence-electron chi connectivity index (χ1n) is 9.16. The van der Waals surface area contributed by atoms with Crippen molar-refractivity contribution in [1.29, 1.82) is 0 Å². The molecule has 4 unspecified atom stereocenters. The highest BCUT2D eigenvalue weighted by atomic mass is 32.2. The topological polar surface area (TPSA) is 52.6 Å². The Morgan fingerprint density at radius 1 is 1.26 bits per heavy atom. The molecule has 1 aliphatic carbocycles. The molecule has 134 valence electrons. The molecule has 0 aromatic rings. The number of amides is 2. The van der Waals surface area contributed by atoms with Crippen molar-refractivity contribution in [2.24, 2.45) is 5.92 Å². The van der Waals surface area contributed by atoms with Crippen LogP contribution >= 0.6 is 0 Å². The van der Waals surface area contributed by atoms with E-state index in [2.05, 4.69) is 24.2 Å². The molecular weight excluding hydrogens is 310 g/mol. The van der Waals surface area contributed by atoms with Gasteiger partial charge in [-0.15, -0.1) is 0 Å². The third kappa shape index (κ3) is 5.18. The van der Waals surface area contributed by atoms with E-state index in [0.717, 1.165) is 58.3 Å². The number of nitrogens with zero attached hydrogens (tertiary/aromatic N) is 2. The van der Waals surface area contributed by atoms with Crippen molar-refractivity contribution in [3.05, 3.63) is 0 Å². The number of likely N-dealkylation sites (tertiary alicyclic amines) is 1. The summed E-state index contributed by atoms with van der Waals surface area (Å²) in [4.78, 5) is 16.8. The predicted molar refractivity (Wildman–Crippen MR) is 96.1 cm³/mol. The van der Waals surface area contributed by atoms with Gasteiger partial charge in [-0.2, -0.15) is 0 Å². The summed E-state index contributed by atoms with van der Waals surface area (Å²) in [6.07, 6.45) is 5.31. The quantitative estimate of drug-likeness (QED) is 0.803. The Bertz CT molecular complexity index is 419. The number of carbonyl (C=O) groups excluding carboxylic acids is 1. The molecule has 0 radical (unpaired) electrons. The van der Waals surface area contributed by atoms with E-state index in [1.165, 1.54) is 0 Å². The van der Waals surface area contributed by atoms with E-state index >= 15 is 0 Å². The zero-order valence-corrected chi connectivity index (χ0v) is 15.7. The van der Waals surface area contributed by atoms with Crippen molar-refractivity contribution in [3.63, 3.8) is 0 Å². The van der Waals surface area contributed by atoms with E-state index in [4.69, 9.17) is 0 Å². The molecule has 2 aliphatic rings. The van der Waals surface area contributed by atoms with Gasteiger partial charge in [0.2, 0.25) is 0 Å². The molecule has 2 fully saturated rings. The lowest BCUT2D eigenvalue weighted by Gasteiger charge is -2.32. The van der Waals surface area contributed by atoms with Gasteiger partial charge in [-0.25, -0.2) is 4.79 Å². The molecule has 5 nitrogen and oxygen atoms in total. The highest BCUT2D eigenvalue weighted by molar-refractivity contribution is 7.85. The van der Waals surface area contributed by atoms with E-state index < -0.39 is 10.8 Å². The molecule has 23 heavy (non-hydrogen) atoms. The molecule has 1 N–H and O–H groups in total. The summed E-state index contributed by atoms with van der Waals surface area (Å²) in [5.74, 6) is 1.27. The number of hydrogen-bond acceptors (Lipinski definition) is 3. The highest BCUT2D eigenvalue weighted by Gasteiger charge is 2.33. The second-order valence-corrected chi connectivity index (χ2v) is 8.95. The minimum atomic E-state index is -0.817. The first-order valence-corrected chi connectivity index (χ1v) is 10.5. The largest absolute Gasteiger partial charge is 0.334 e. The Balaban J connectivity index is 1.85. The maximum Gasteiger partial charge on any atom is 0.317 e. The van der Waals surface area contributed by atoms with E-state index in [1.807, 2.05) is 11.8 Å². The van der Waals surface area contributed by atoms with E-state index in [-0.39, 0.29) is 17.3 Å². The second-order valence-electron chi connectivity index (χ2n) is 7.00. The van der Waals surface area contributed by atoms with Gasteiger partial charge in [-0.1, -0.05) is 26.7 Å². The lowest BCUT2D eigenvalue weighted by molar-refractivity contribution is 0.197. The van der Waals surface area contributed by atoms with Crippen molar-refractivity contribution < 1.29 is 9.00 Å². The average molecular weight is 344 g/mol. The highest BCUT2D eigenvalue weighted by Crippen LogP contribution is 2.24. The van der Waals surface area contributed by atoms with Crippen molar-refractivity contribution >= 4 is 16.8 Å². The van der Waals surface area contributed by atoms with Crippen LogP contribution < -0.4 is 5.32 Å². The molecule has 0 aromatic carbocycles. The lowest BCUT2D eigenvalue weighted by Crippen LogP contribution is -2.51. The summed E-state index contributed by atoms with van der Waals surface area (Å²) in [6.45, 7) is 7.95. The fourth-order valence-electron chi connectivity index (χ4n) is 3.78. The van der Waals surface area contributed by atoms with Gasteiger partial charge in [0, 0.05) is 42.2 Å². The van der Waals surface area contributed by atoms with Gasteiger partial charge in [0.1, 0.15) is 0 Å². The van der Waals surface area contributed by atoms with Crippen LogP contribution in [0, 0.1) is 5.92 Å². The molecule has 0 bridgehead atoms. The van der Waals surface area contributed by atoms with Crippen LogP contribution in [0.1, 0.15) is 46.0 Å². The predicted octanol–water partition coefficient (Wildman–Crippen LogP) is 2.05. The molecule has 2 rings (SSSR count). The fourth-order valence-corrected chi connectivity index (χ4v) is 5.20. The first-order chi connectivity index (χ1) is 11.0. The Morgan fingerprint density at radius 2 is 2.00 bits per heavy atom. The van der Waals surface area contributed by atoms with Crippen molar-refractivity contribution in [2.45, 2.75) is 57.2 Å². The molecule has 0 aromatic heterocycles. The fraction of sp³-hybridized carbons (Fsp3) is 0.941. The summed E-state index contributed by atoms with van der Waals surface area (Å²) >= 11 is 0. The van der Waals surface area contributed by atoms with Gasteiger partial charge < -0.3 is 15.1 Å². The maximum absolute atomic E-state index is 12.6. The normalized spacial score (nSPS) is 29.7. The molecule has 1 heterocycles. The summed E-state index contributed by atoms with van der Waals surface area (Å²) in [7, 11) is 1.32. The van der Waals surface area contributed by atoms with E-state index in [9.17, 15) is 9.00 Å². The zero-order valence-electron chi connectivity index (χ0n) is 14.9. The van der Waals surface area contributed by atoms with Gasteiger partial charge in [0.15, 0.2) is 0 Å². The summed E-state index contributed by atoms with van der Waals surface area (Å²) in [5, 5.41) is 3.34. The van der Waals surface area contributed by atoms with Crippen LogP contribution in [0.3, 0.4) is 0 Å². The summed E-state index contributed by atoms with van der Waals surface area (Å²) < 4.78 is 12.2. The Labute approximate surface area is 143 Å². The molecule has 6 heteroatoms. The molecule has 1 saturated carbocycles. The smallest absolute Gasteiger partial charge is 0.317 e. The van der Waals surface area contributed by atoms with E-state index in [1.54, 1.807) is 0 Å². The van der Waals surface area contributed by atoms with Crippen LogP contribution in [0.5, 0.6) is 0 Å². The number of rotatable bonds is 6. The van der Waals surface area contributed by atoms with Crippen molar-refractivity contribution in [1.82, 2.24) is 15.1 Å². The number of hydrogen-bond donors (Lipinski definition) is 1. The summed E-state index contributed by atoms with van der Waals surface area (Å²) in [6, 6.07) is 0.144. The molecule has 1 saturated heterocycles. The van der Waals surface area contributed by atoms with Crippen molar-refractivity contribution in [3.8, 4) is 0 Å². The third-order valence-corrected chi connectivity index (χ3v) is 7.13. The average Bonchev–Trinajstić information content (AvgIpc) is 3.03. The number of urea groups is 1. The Kier molecular flexibility index (Phi) is 7.34. The van der Waals surface area contributed by atoms with Gasteiger partial charge in [-0.3, -0.25) is 4.21 Å².